The number of hydrogen-bond donors (Lipinski definition) is 2. The van der Waals surface area contributed by atoms with E-state index in [1.807, 2.05) is 0 Å². The second-order valence-corrected chi connectivity index (χ2v) is 4.92. The molecule has 2 heterocycles. The average Bonchev–Trinajstić information content (AvgIpc) is 2.84. The SMILES string of the molecule is CCCCc1nnc(NC(=O)c2cc(=O)[nH]cn2)s1. The summed E-state index contributed by atoms with van der Waals surface area (Å²) in [6.07, 6.45) is 4.16. The fourth-order valence-corrected chi connectivity index (χ4v) is 2.16. The van der Waals surface area contributed by atoms with Crippen LogP contribution in [0.2, 0.25) is 0 Å². The fourth-order valence-electron chi connectivity index (χ4n) is 1.39. The molecule has 100 valence electrons. The fraction of sp³-hybridized carbons (Fsp3) is 0.364. The van der Waals surface area contributed by atoms with Crippen LogP contribution < -0.4 is 10.9 Å². The van der Waals surface area contributed by atoms with Gasteiger partial charge >= 0.3 is 0 Å². The molecule has 0 saturated heterocycles. The molecule has 0 fully saturated rings. The van der Waals surface area contributed by atoms with Crippen molar-refractivity contribution >= 4 is 22.4 Å². The molecule has 0 spiro atoms. The van der Waals surface area contributed by atoms with E-state index in [1.54, 1.807) is 0 Å². The van der Waals surface area contributed by atoms with Crippen LogP contribution in [0.3, 0.4) is 0 Å². The molecule has 7 nitrogen and oxygen atoms in total. The maximum atomic E-state index is 11.8. The van der Waals surface area contributed by atoms with Gasteiger partial charge in [0.15, 0.2) is 0 Å². The van der Waals surface area contributed by atoms with Crippen LogP contribution in [0, 0.1) is 0 Å². The molecule has 2 aromatic rings. The zero-order valence-electron chi connectivity index (χ0n) is 10.3. The first-order chi connectivity index (χ1) is 9.19. The molecule has 0 aliphatic rings. The van der Waals surface area contributed by atoms with Crippen molar-refractivity contribution in [2.24, 2.45) is 0 Å². The van der Waals surface area contributed by atoms with Crippen molar-refractivity contribution in [3.8, 4) is 0 Å². The molecule has 0 radical (unpaired) electrons. The van der Waals surface area contributed by atoms with Gasteiger partial charge in [-0.3, -0.25) is 14.9 Å². The summed E-state index contributed by atoms with van der Waals surface area (Å²) in [7, 11) is 0. The third-order valence-electron chi connectivity index (χ3n) is 2.34. The van der Waals surface area contributed by atoms with Crippen molar-refractivity contribution in [2.45, 2.75) is 26.2 Å². The van der Waals surface area contributed by atoms with Crippen molar-refractivity contribution in [2.75, 3.05) is 5.32 Å². The number of carbonyl (C=O) groups is 1. The summed E-state index contributed by atoms with van der Waals surface area (Å²) in [5.74, 6) is -0.468. The summed E-state index contributed by atoms with van der Waals surface area (Å²) in [6, 6.07) is 1.13. The van der Waals surface area contributed by atoms with Gasteiger partial charge in [0.1, 0.15) is 10.7 Å². The first-order valence-corrected chi connectivity index (χ1v) is 6.69. The number of H-pyrrole nitrogens is 1. The lowest BCUT2D eigenvalue weighted by molar-refractivity contribution is 0.102. The Labute approximate surface area is 113 Å². The molecule has 2 rings (SSSR count). The molecule has 0 aromatic carbocycles. The van der Waals surface area contributed by atoms with Crippen molar-refractivity contribution < 1.29 is 4.79 Å². The van der Waals surface area contributed by atoms with E-state index in [9.17, 15) is 9.59 Å². The molecular weight excluding hydrogens is 266 g/mol. The van der Waals surface area contributed by atoms with Gasteiger partial charge in [-0.2, -0.15) is 0 Å². The predicted molar refractivity (Wildman–Crippen MR) is 71.3 cm³/mol. The van der Waals surface area contributed by atoms with E-state index in [1.165, 1.54) is 17.7 Å². The van der Waals surface area contributed by atoms with Gasteiger partial charge in [-0.1, -0.05) is 24.7 Å². The normalized spacial score (nSPS) is 10.4. The average molecular weight is 279 g/mol. The van der Waals surface area contributed by atoms with Gasteiger partial charge in [0.25, 0.3) is 11.5 Å². The molecule has 0 saturated carbocycles. The summed E-state index contributed by atoms with van der Waals surface area (Å²) in [6.45, 7) is 2.10. The van der Waals surface area contributed by atoms with Crippen LogP contribution in [0.4, 0.5) is 5.13 Å². The standard InChI is InChI=1S/C11H13N5O2S/c1-2-3-4-9-15-16-11(19-9)14-10(18)7-5-8(17)13-6-12-7/h5-6H,2-4H2,1H3,(H,12,13,17)(H,14,16,18). The summed E-state index contributed by atoms with van der Waals surface area (Å²) in [4.78, 5) is 29.0. The van der Waals surface area contributed by atoms with Crippen LogP contribution in [0.25, 0.3) is 0 Å². The maximum Gasteiger partial charge on any atom is 0.276 e. The number of amides is 1. The highest BCUT2D eigenvalue weighted by atomic mass is 32.1. The van der Waals surface area contributed by atoms with E-state index in [2.05, 4.69) is 32.4 Å². The van der Waals surface area contributed by atoms with E-state index in [-0.39, 0.29) is 11.3 Å². The Balaban J connectivity index is 2.02. The molecule has 0 bridgehead atoms. The third kappa shape index (κ3) is 3.68. The monoisotopic (exact) mass is 279 g/mol. The molecule has 2 aromatic heterocycles. The van der Waals surface area contributed by atoms with Crippen LogP contribution in [0.15, 0.2) is 17.2 Å². The Kier molecular flexibility index (Phi) is 4.35. The van der Waals surface area contributed by atoms with E-state index in [0.29, 0.717) is 5.13 Å². The number of hydrogen-bond acceptors (Lipinski definition) is 6. The Bertz CT molecular complexity index is 621. The summed E-state index contributed by atoms with van der Waals surface area (Å²) in [5, 5.41) is 11.7. The number of aryl methyl sites for hydroxylation is 1. The molecule has 0 aliphatic carbocycles. The topological polar surface area (TPSA) is 101 Å². The third-order valence-corrected chi connectivity index (χ3v) is 3.24. The number of nitrogens with one attached hydrogen (secondary N) is 2. The second kappa shape index (κ2) is 6.19. The summed E-state index contributed by atoms with van der Waals surface area (Å²) in [5.41, 5.74) is -0.324. The van der Waals surface area contributed by atoms with Crippen LogP contribution in [-0.2, 0) is 6.42 Å². The van der Waals surface area contributed by atoms with Crippen molar-refractivity contribution in [1.82, 2.24) is 20.2 Å². The molecule has 8 heteroatoms. The van der Waals surface area contributed by atoms with E-state index in [4.69, 9.17) is 0 Å². The molecule has 1 amide bonds. The molecule has 0 aliphatic heterocycles. The van der Waals surface area contributed by atoms with Gasteiger partial charge in [0, 0.05) is 12.5 Å². The first-order valence-electron chi connectivity index (χ1n) is 5.87. The molecular formula is C11H13N5O2S. The number of rotatable bonds is 5. The number of nitrogens with zero attached hydrogens (tertiary/aromatic N) is 3. The van der Waals surface area contributed by atoms with Crippen LogP contribution in [-0.4, -0.2) is 26.1 Å². The minimum absolute atomic E-state index is 0.0501. The van der Waals surface area contributed by atoms with Gasteiger partial charge in [-0.15, -0.1) is 10.2 Å². The molecule has 0 unspecified atom stereocenters. The van der Waals surface area contributed by atoms with Crippen LogP contribution >= 0.6 is 11.3 Å². The lowest BCUT2D eigenvalue weighted by Gasteiger charge is -1.98. The van der Waals surface area contributed by atoms with E-state index >= 15 is 0 Å². The van der Waals surface area contributed by atoms with Gasteiger partial charge in [-0.25, -0.2) is 4.98 Å². The molecule has 2 N–H and O–H groups in total. The summed E-state index contributed by atoms with van der Waals surface area (Å²) < 4.78 is 0. The van der Waals surface area contributed by atoms with Gasteiger partial charge in [0.05, 0.1) is 6.33 Å². The zero-order valence-corrected chi connectivity index (χ0v) is 11.2. The Morgan fingerprint density at radius 3 is 3.05 bits per heavy atom. The van der Waals surface area contributed by atoms with Gasteiger partial charge in [0.2, 0.25) is 5.13 Å². The Morgan fingerprint density at radius 2 is 2.32 bits per heavy atom. The number of aromatic nitrogens is 4. The Morgan fingerprint density at radius 1 is 1.47 bits per heavy atom. The minimum Gasteiger partial charge on any atom is -0.313 e. The maximum absolute atomic E-state index is 11.8. The lowest BCUT2D eigenvalue weighted by atomic mass is 10.3. The number of anilines is 1. The molecule has 0 atom stereocenters. The highest BCUT2D eigenvalue weighted by Crippen LogP contribution is 2.17. The van der Waals surface area contributed by atoms with Crippen molar-refractivity contribution in [3.63, 3.8) is 0 Å². The van der Waals surface area contributed by atoms with Crippen molar-refractivity contribution in [3.05, 3.63) is 33.4 Å². The Hall–Kier alpha value is -2.09. The van der Waals surface area contributed by atoms with E-state index in [0.717, 1.165) is 30.3 Å². The highest BCUT2D eigenvalue weighted by Gasteiger charge is 2.11. The minimum atomic E-state index is -0.468. The summed E-state index contributed by atoms with van der Waals surface area (Å²) >= 11 is 1.33. The molecule has 19 heavy (non-hydrogen) atoms. The number of aromatic amines is 1. The zero-order chi connectivity index (χ0) is 13.7. The quantitative estimate of drug-likeness (QED) is 0.857. The van der Waals surface area contributed by atoms with Gasteiger partial charge in [-0.05, 0) is 6.42 Å². The van der Waals surface area contributed by atoms with E-state index < -0.39 is 5.91 Å². The smallest absolute Gasteiger partial charge is 0.276 e. The van der Waals surface area contributed by atoms with Crippen LogP contribution in [0.1, 0.15) is 35.3 Å². The highest BCUT2D eigenvalue weighted by molar-refractivity contribution is 7.15. The largest absolute Gasteiger partial charge is 0.313 e. The van der Waals surface area contributed by atoms with Gasteiger partial charge < -0.3 is 4.98 Å². The second-order valence-electron chi connectivity index (χ2n) is 3.85. The number of unbranched alkanes of at least 4 members (excludes halogenated alkanes) is 1. The first kappa shape index (κ1) is 13.3. The van der Waals surface area contributed by atoms with Crippen LogP contribution in [0.5, 0.6) is 0 Å². The van der Waals surface area contributed by atoms with Crippen molar-refractivity contribution in [1.29, 1.82) is 0 Å². The lowest BCUT2D eigenvalue weighted by Crippen LogP contribution is -2.17. The number of carbonyl (C=O) groups excluding carboxylic acids is 1. The predicted octanol–water partition coefficient (Wildman–Crippen LogP) is 1.22.